The van der Waals surface area contributed by atoms with Gasteiger partial charge in [0, 0.05) is 31.2 Å². The normalized spacial score (nSPS) is 20.1. The van der Waals surface area contributed by atoms with E-state index in [-0.39, 0.29) is 12.2 Å². The van der Waals surface area contributed by atoms with Crippen molar-refractivity contribution in [1.29, 1.82) is 0 Å². The van der Waals surface area contributed by atoms with Crippen LogP contribution in [0.1, 0.15) is 25.0 Å². The number of hydrogen-bond donors (Lipinski definition) is 1. The predicted molar refractivity (Wildman–Crippen MR) is 107 cm³/mol. The summed E-state index contributed by atoms with van der Waals surface area (Å²) in [7, 11) is 0. The van der Waals surface area contributed by atoms with E-state index in [1.165, 1.54) is 5.56 Å². The lowest BCUT2D eigenvalue weighted by atomic mass is 10.1. The van der Waals surface area contributed by atoms with Crippen LogP contribution in [-0.4, -0.2) is 45.2 Å². The largest absolute Gasteiger partial charge is 0.372 e. The minimum atomic E-state index is 0.130. The second-order valence-corrected chi connectivity index (χ2v) is 7.21. The summed E-state index contributed by atoms with van der Waals surface area (Å²) in [6.07, 6.45) is 3.58. The van der Waals surface area contributed by atoms with E-state index in [9.17, 15) is 0 Å². The molecule has 1 aliphatic rings. The molecular formula is C20H24N6O. The maximum absolute atomic E-state index is 5.84. The Bertz CT molecular complexity index is 966. The summed E-state index contributed by atoms with van der Waals surface area (Å²) in [5.41, 5.74) is 4.63. The quantitative estimate of drug-likeness (QED) is 0.763. The molecule has 7 nitrogen and oxygen atoms in total. The molecule has 1 aliphatic heterocycles. The number of benzene rings is 1. The Morgan fingerprint density at radius 2 is 1.78 bits per heavy atom. The van der Waals surface area contributed by atoms with Crippen LogP contribution in [0.3, 0.4) is 0 Å². The third kappa shape index (κ3) is 3.68. The third-order valence-electron chi connectivity index (χ3n) is 4.66. The van der Waals surface area contributed by atoms with Crippen LogP contribution in [0.25, 0.3) is 11.2 Å². The number of nitrogens with zero attached hydrogens (tertiary/aromatic N) is 5. The lowest BCUT2D eigenvalue weighted by Crippen LogP contribution is -2.46. The highest BCUT2D eigenvalue weighted by Gasteiger charge is 2.25. The van der Waals surface area contributed by atoms with E-state index < -0.39 is 0 Å². The molecule has 0 bridgehead atoms. The molecule has 2 unspecified atom stereocenters. The molecule has 1 aromatic carbocycles. The summed E-state index contributed by atoms with van der Waals surface area (Å²) in [5, 5.41) is 3.43. The van der Waals surface area contributed by atoms with Gasteiger partial charge in [-0.1, -0.05) is 17.7 Å². The Morgan fingerprint density at radius 3 is 2.52 bits per heavy atom. The van der Waals surface area contributed by atoms with Crippen LogP contribution in [-0.2, 0) is 4.74 Å². The lowest BCUT2D eigenvalue weighted by Gasteiger charge is -2.35. The molecule has 0 radical (unpaired) electrons. The fourth-order valence-electron chi connectivity index (χ4n) is 3.50. The summed E-state index contributed by atoms with van der Waals surface area (Å²) in [5.74, 6) is 1.32. The van der Waals surface area contributed by atoms with Gasteiger partial charge in [0.25, 0.3) is 0 Å². The number of nitrogens with one attached hydrogen (secondary N) is 1. The average Bonchev–Trinajstić information content (AvgIpc) is 2.63. The molecule has 140 valence electrons. The van der Waals surface area contributed by atoms with E-state index >= 15 is 0 Å². The molecule has 4 rings (SSSR count). The first-order valence-electron chi connectivity index (χ1n) is 9.23. The standard InChI is InChI=1S/C20H24N6O/c1-12-5-6-16(13(2)9-12)23-19-17-18(22-8-7-21-17)24-20(25-19)26-10-14(3)27-15(4)11-26/h5-9,14-15H,10-11H2,1-4H3,(H,22,23,24,25). The molecule has 7 heteroatoms. The molecule has 0 aliphatic carbocycles. The van der Waals surface area contributed by atoms with Crippen molar-refractivity contribution >= 4 is 28.6 Å². The van der Waals surface area contributed by atoms with Crippen LogP contribution in [0.4, 0.5) is 17.5 Å². The van der Waals surface area contributed by atoms with Crippen LogP contribution in [0.15, 0.2) is 30.6 Å². The van der Waals surface area contributed by atoms with Gasteiger partial charge in [0.15, 0.2) is 17.0 Å². The van der Waals surface area contributed by atoms with E-state index in [1.54, 1.807) is 12.4 Å². The fraction of sp³-hybridized carbons (Fsp3) is 0.400. The summed E-state index contributed by atoms with van der Waals surface area (Å²) < 4.78 is 5.84. The lowest BCUT2D eigenvalue weighted by molar-refractivity contribution is -0.00569. The van der Waals surface area contributed by atoms with Gasteiger partial charge < -0.3 is 15.0 Å². The van der Waals surface area contributed by atoms with Gasteiger partial charge in [0.05, 0.1) is 12.2 Å². The molecule has 1 N–H and O–H groups in total. The van der Waals surface area contributed by atoms with E-state index in [0.717, 1.165) is 24.3 Å². The summed E-state index contributed by atoms with van der Waals surface area (Å²) in [6, 6.07) is 6.29. The van der Waals surface area contributed by atoms with Gasteiger partial charge in [-0.05, 0) is 39.3 Å². The molecule has 3 heterocycles. The molecule has 0 saturated carbocycles. The summed E-state index contributed by atoms with van der Waals surface area (Å²) in [4.78, 5) is 20.5. The fourth-order valence-corrected chi connectivity index (χ4v) is 3.50. The SMILES string of the molecule is Cc1ccc(Nc2nc(N3CC(C)OC(C)C3)nc3nccnc23)c(C)c1. The van der Waals surface area contributed by atoms with Crippen LogP contribution in [0, 0.1) is 13.8 Å². The number of hydrogen-bond acceptors (Lipinski definition) is 7. The summed E-state index contributed by atoms with van der Waals surface area (Å²) in [6.45, 7) is 9.80. The topological polar surface area (TPSA) is 76.1 Å². The van der Waals surface area contributed by atoms with Crippen molar-refractivity contribution < 1.29 is 4.74 Å². The smallest absolute Gasteiger partial charge is 0.229 e. The Hall–Kier alpha value is -2.80. The van der Waals surface area contributed by atoms with Gasteiger partial charge in [-0.3, -0.25) is 0 Å². The Kier molecular flexibility index (Phi) is 4.61. The highest BCUT2D eigenvalue weighted by atomic mass is 16.5. The van der Waals surface area contributed by atoms with Crippen molar-refractivity contribution in [3.05, 3.63) is 41.7 Å². The van der Waals surface area contributed by atoms with Crippen molar-refractivity contribution in [2.24, 2.45) is 0 Å². The third-order valence-corrected chi connectivity index (χ3v) is 4.66. The van der Waals surface area contributed by atoms with Gasteiger partial charge in [-0.2, -0.15) is 9.97 Å². The zero-order valence-corrected chi connectivity index (χ0v) is 16.1. The number of aryl methyl sites for hydroxylation is 2. The van der Waals surface area contributed by atoms with Crippen molar-refractivity contribution in [2.45, 2.75) is 39.9 Å². The van der Waals surface area contributed by atoms with E-state index in [2.05, 4.69) is 71.1 Å². The van der Waals surface area contributed by atoms with E-state index in [4.69, 9.17) is 9.72 Å². The van der Waals surface area contributed by atoms with Gasteiger partial charge >= 0.3 is 0 Å². The van der Waals surface area contributed by atoms with Crippen molar-refractivity contribution in [1.82, 2.24) is 19.9 Å². The molecule has 1 saturated heterocycles. The van der Waals surface area contributed by atoms with Crippen molar-refractivity contribution in [3.8, 4) is 0 Å². The van der Waals surface area contributed by atoms with Crippen molar-refractivity contribution in [3.63, 3.8) is 0 Å². The van der Waals surface area contributed by atoms with Gasteiger partial charge in [0.2, 0.25) is 5.95 Å². The highest BCUT2D eigenvalue weighted by molar-refractivity contribution is 5.86. The van der Waals surface area contributed by atoms with Crippen LogP contribution < -0.4 is 10.2 Å². The number of rotatable bonds is 3. The maximum atomic E-state index is 5.84. The van der Waals surface area contributed by atoms with Crippen LogP contribution in [0.5, 0.6) is 0 Å². The van der Waals surface area contributed by atoms with Crippen LogP contribution >= 0.6 is 0 Å². The molecule has 0 spiro atoms. The zero-order chi connectivity index (χ0) is 19.0. The first-order valence-corrected chi connectivity index (χ1v) is 9.23. The molecule has 0 amide bonds. The number of anilines is 3. The first kappa shape index (κ1) is 17.6. The number of aromatic nitrogens is 4. The summed E-state index contributed by atoms with van der Waals surface area (Å²) >= 11 is 0. The van der Waals surface area contributed by atoms with Gasteiger partial charge in [-0.15, -0.1) is 0 Å². The minimum Gasteiger partial charge on any atom is -0.372 e. The number of fused-ring (bicyclic) bond motifs is 1. The highest BCUT2D eigenvalue weighted by Crippen LogP contribution is 2.27. The van der Waals surface area contributed by atoms with Crippen molar-refractivity contribution in [2.75, 3.05) is 23.3 Å². The number of morpholine rings is 1. The molecule has 3 aromatic rings. The Morgan fingerprint density at radius 1 is 1.04 bits per heavy atom. The monoisotopic (exact) mass is 364 g/mol. The number of ether oxygens (including phenoxy) is 1. The Labute approximate surface area is 158 Å². The first-order chi connectivity index (χ1) is 13.0. The molecule has 27 heavy (non-hydrogen) atoms. The van der Waals surface area contributed by atoms with Crippen LogP contribution in [0.2, 0.25) is 0 Å². The maximum Gasteiger partial charge on any atom is 0.229 e. The van der Waals surface area contributed by atoms with Gasteiger partial charge in [0.1, 0.15) is 0 Å². The van der Waals surface area contributed by atoms with E-state index in [1.807, 2.05) is 0 Å². The molecule has 2 atom stereocenters. The minimum absolute atomic E-state index is 0.130. The molecular weight excluding hydrogens is 340 g/mol. The zero-order valence-electron chi connectivity index (χ0n) is 16.1. The molecule has 1 fully saturated rings. The van der Waals surface area contributed by atoms with Gasteiger partial charge in [-0.25, -0.2) is 9.97 Å². The molecule has 2 aromatic heterocycles. The Balaban J connectivity index is 1.76. The predicted octanol–water partition coefficient (Wildman–Crippen LogP) is 3.39. The second kappa shape index (κ2) is 7.08. The van der Waals surface area contributed by atoms with E-state index in [0.29, 0.717) is 22.9 Å². The second-order valence-electron chi connectivity index (χ2n) is 7.21. The average molecular weight is 364 g/mol.